The van der Waals surface area contributed by atoms with Crippen molar-refractivity contribution in [2.45, 2.75) is 19.8 Å². The third kappa shape index (κ3) is 4.28. The minimum atomic E-state index is -0.534. The highest BCUT2D eigenvalue weighted by Crippen LogP contribution is 2.27. The summed E-state index contributed by atoms with van der Waals surface area (Å²) in [6.07, 6.45) is 0. The molecule has 0 bridgehead atoms. The van der Waals surface area contributed by atoms with Crippen LogP contribution in [0.2, 0.25) is 0 Å². The largest absolute Gasteiger partial charge is 0.405 e. The summed E-state index contributed by atoms with van der Waals surface area (Å²) < 4.78 is 5.62. The molecule has 0 saturated heterocycles. The van der Waals surface area contributed by atoms with Crippen molar-refractivity contribution in [1.29, 1.82) is 0 Å². The molecule has 148 valence electrons. The molecule has 0 saturated carbocycles. The van der Waals surface area contributed by atoms with Crippen LogP contribution in [0.4, 0.5) is 0 Å². The van der Waals surface area contributed by atoms with Crippen molar-refractivity contribution in [3.05, 3.63) is 113 Å². The maximum atomic E-state index is 13.1. The summed E-state index contributed by atoms with van der Waals surface area (Å²) in [5, 5.41) is 8.42. The Bertz CT molecular complexity index is 1100. The average Bonchev–Trinajstić information content (AvgIpc) is 2.78. The molecular formula is C26H22N2O2. The van der Waals surface area contributed by atoms with Crippen molar-refractivity contribution >= 4 is 5.97 Å². The van der Waals surface area contributed by atoms with Crippen molar-refractivity contribution in [2.24, 2.45) is 0 Å². The van der Waals surface area contributed by atoms with E-state index in [0.717, 1.165) is 33.5 Å². The van der Waals surface area contributed by atoms with Crippen molar-refractivity contribution in [2.75, 3.05) is 0 Å². The van der Waals surface area contributed by atoms with E-state index in [9.17, 15) is 4.79 Å². The minimum absolute atomic E-state index is 0.186. The third-order valence-corrected chi connectivity index (χ3v) is 5.02. The van der Waals surface area contributed by atoms with E-state index in [4.69, 9.17) is 4.74 Å². The molecule has 1 aromatic heterocycles. The van der Waals surface area contributed by atoms with Gasteiger partial charge in [-0.1, -0.05) is 78.4 Å². The summed E-state index contributed by atoms with van der Waals surface area (Å²) in [4.78, 5) is 13.1. The zero-order valence-corrected chi connectivity index (χ0v) is 16.9. The van der Waals surface area contributed by atoms with Crippen LogP contribution >= 0.6 is 0 Å². The number of aryl methyl sites for hydroxylation is 2. The lowest BCUT2D eigenvalue weighted by Crippen LogP contribution is -2.20. The molecule has 0 aliphatic heterocycles. The molecule has 4 heteroatoms. The summed E-state index contributed by atoms with van der Waals surface area (Å²) >= 11 is 0. The smallest absolute Gasteiger partial charge is 0.324 e. The highest BCUT2D eigenvalue weighted by molar-refractivity contribution is 5.84. The van der Waals surface area contributed by atoms with Gasteiger partial charge in [0.2, 0.25) is 5.88 Å². The first-order chi connectivity index (χ1) is 14.6. The van der Waals surface area contributed by atoms with Crippen LogP contribution < -0.4 is 4.74 Å². The Labute approximate surface area is 176 Å². The van der Waals surface area contributed by atoms with Gasteiger partial charge in [-0.2, -0.15) is 0 Å². The van der Waals surface area contributed by atoms with E-state index in [1.807, 2.05) is 80.6 Å². The van der Waals surface area contributed by atoms with E-state index in [1.54, 1.807) is 6.07 Å². The van der Waals surface area contributed by atoms with Gasteiger partial charge >= 0.3 is 5.97 Å². The number of nitrogens with zero attached hydrogens (tertiary/aromatic N) is 2. The zero-order chi connectivity index (χ0) is 20.9. The van der Waals surface area contributed by atoms with Crippen LogP contribution in [0.5, 0.6) is 5.88 Å². The van der Waals surface area contributed by atoms with Crippen LogP contribution in [0.1, 0.15) is 28.2 Å². The maximum Gasteiger partial charge on any atom is 0.324 e. The molecule has 0 spiro atoms. The lowest BCUT2D eigenvalue weighted by atomic mass is 9.91. The molecule has 0 aliphatic rings. The number of carbonyl (C=O) groups excluding carboxylic acids is 1. The number of ether oxygens (including phenoxy) is 1. The fourth-order valence-corrected chi connectivity index (χ4v) is 3.45. The van der Waals surface area contributed by atoms with Gasteiger partial charge in [0, 0.05) is 11.6 Å². The predicted octanol–water partition coefficient (Wildman–Crippen LogP) is 5.50. The number of hydrogen-bond acceptors (Lipinski definition) is 4. The first kappa shape index (κ1) is 19.5. The lowest BCUT2D eigenvalue weighted by Gasteiger charge is -2.16. The van der Waals surface area contributed by atoms with E-state index in [-0.39, 0.29) is 11.8 Å². The molecule has 0 radical (unpaired) electrons. The molecule has 4 rings (SSSR count). The summed E-state index contributed by atoms with van der Waals surface area (Å²) in [6, 6.07) is 28.9. The van der Waals surface area contributed by atoms with Crippen LogP contribution in [0, 0.1) is 13.8 Å². The standard InChI is InChI=1S/C26H22N2O2/c1-18-13-14-19(2)22(17-18)23-15-16-24(28-27-23)30-26(29)25(20-9-5-3-6-10-20)21-11-7-4-8-12-21/h3-17,25H,1-2H3. The SMILES string of the molecule is Cc1ccc(C)c(-c2ccc(OC(=O)C(c3ccccc3)c3ccccc3)nn2)c1. The molecule has 0 fully saturated rings. The number of esters is 1. The van der Waals surface area contributed by atoms with E-state index >= 15 is 0 Å². The molecule has 1 heterocycles. The van der Waals surface area contributed by atoms with Gasteiger partial charge in [-0.15, -0.1) is 10.2 Å². The highest BCUT2D eigenvalue weighted by atomic mass is 16.5. The molecule has 0 N–H and O–H groups in total. The van der Waals surface area contributed by atoms with Gasteiger partial charge in [0.05, 0.1) is 5.69 Å². The van der Waals surface area contributed by atoms with Crippen molar-refractivity contribution in [3.63, 3.8) is 0 Å². The molecule has 4 nitrogen and oxygen atoms in total. The monoisotopic (exact) mass is 394 g/mol. The second kappa shape index (κ2) is 8.70. The van der Waals surface area contributed by atoms with Gasteiger partial charge < -0.3 is 4.74 Å². The van der Waals surface area contributed by atoms with Crippen molar-refractivity contribution in [1.82, 2.24) is 10.2 Å². The summed E-state index contributed by atoms with van der Waals surface area (Å²) in [7, 11) is 0. The Morgan fingerprint density at radius 2 is 1.40 bits per heavy atom. The molecule has 4 aromatic rings. The normalized spacial score (nSPS) is 10.8. The summed E-state index contributed by atoms with van der Waals surface area (Å²) in [5.74, 6) is -0.736. The topological polar surface area (TPSA) is 52.1 Å². The number of benzene rings is 3. The molecule has 0 atom stereocenters. The first-order valence-corrected chi connectivity index (χ1v) is 9.85. The van der Waals surface area contributed by atoms with Crippen molar-refractivity contribution in [3.8, 4) is 17.1 Å². The van der Waals surface area contributed by atoms with E-state index in [2.05, 4.69) is 28.4 Å². The molecular weight excluding hydrogens is 372 g/mol. The van der Waals surface area contributed by atoms with Crippen LogP contribution in [0.15, 0.2) is 91.0 Å². The Balaban J connectivity index is 1.59. The van der Waals surface area contributed by atoms with Gasteiger partial charge in [-0.05, 0) is 42.7 Å². The summed E-state index contributed by atoms with van der Waals surface area (Å²) in [6.45, 7) is 4.08. The van der Waals surface area contributed by atoms with Crippen LogP contribution in [0.3, 0.4) is 0 Å². The number of aromatic nitrogens is 2. The van der Waals surface area contributed by atoms with Crippen LogP contribution in [-0.4, -0.2) is 16.2 Å². The zero-order valence-electron chi connectivity index (χ0n) is 16.9. The fourth-order valence-electron chi connectivity index (χ4n) is 3.45. The summed E-state index contributed by atoms with van der Waals surface area (Å²) in [5.41, 5.74) is 5.78. The van der Waals surface area contributed by atoms with Gasteiger partial charge in [0.25, 0.3) is 0 Å². The Morgan fingerprint density at radius 3 is 1.97 bits per heavy atom. The lowest BCUT2D eigenvalue weighted by molar-refractivity contribution is -0.135. The Morgan fingerprint density at radius 1 is 0.767 bits per heavy atom. The van der Waals surface area contributed by atoms with Crippen LogP contribution in [-0.2, 0) is 4.79 Å². The Kier molecular flexibility index (Phi) is 5.66. The van der Waals surface area contributed by atoms with E-state index in [0.29, 0.717) is 0 Å². The van der Waals surface area contributed by atoms with Crippen molar-refractivity contribution < 1.29 is 9.53 Å². The van der Waals surface area contributed by atoms with Crippen LogP contribution in [0.25, 0.3) is 11.3 Å². The van der Waals surface area contributed by atoms with Gasteiger partial charge in [0.15, 0.2) is 0 Å². The fraction of sp³-hybridized carbons (Fsp3) is 0.115. The number of rotatable bonds is 5. The molecule has 3 aromatic carbocycles. The average molecular weight is 394 g/mol. The Hall–Kier alpha value is -3.79. The van der Waals surface area contributed by atoms with E-state index in [1.165, 1.54) is 0 Å². The molecule has 30 heavy (non-hydrogen) atoms. The molecule has 0 unspecified atom stereocenters. The molecule has 0 amide bonds. The second-order valence-electron chi connectivity index (χ2n) is 7.25. The van der Waals surface area contributed by atoms with Gasteiger partial charge in [-0.25, -0.2) is 0 Å². The second-order valence-corrected chi connectivity index (χ2v) is 7.25. The predicted molar refractivity (Wildman–Crippen MR) is 117 cm³/mol. The number of carbonyl (C=O) groups is 1. The van der Waals surface area contributed by atoms with Gasteiger partial charge in [0.1, 0.15) is 5.92 Å². The third-order valence-electron chi connectivity index (χ3n) is 5.02. The van der Waals surface area contributed by atoms with Gasteiger partial charge in [-0.3, -0.25) is 4.79 Å². The first-order valence-electron chi connectivity index (χ1n) is 9.85. The quantitative estimate of drug-likeness (QED) is 0.420. The molecule has 0 aliphatic carbocycles. The highest BCUT2D eigenvalue weighted by Gasteiger charge is 2.25. The van der Waals surface area contributed by atoms with E-state index < -0.39 is 5.92 Å². The minimum Gasteiger partial charge on any atom is -0.405 e. The maximum absolute atomic E-state index is 13.1. The number of hydrogen-bond donors (Lipinski definition) is 0.